The molecule has 0 aliphatic carbocycles. The molecule has 0 fully saturated rings. The maximum Gasteiger partial charge on any atom is 0.163 e. The highest BCUT2D eigenvalue weighted by Gasteiger charge is 2.23. The number of benzene rings is 1. The average molecular weight is 316 g/mol. The van der Waals surface area contributed by atoms with E-state index < -0.39 is 17.7 Å². The minimum Gasteiger partial charge on any atom is -0.305 e. The molecular formula is C15H16ClF2NS. The van der Waals surface area contributed by atoms with E-state index in [0.717, 1.165) is 22.9 Å². The molecule has 1 atom stereocenters. The van der Waals surface area contributed by atoms with Crippen molar-refractivity contribution in [3.63, 3.8) is 0 Å². The van der Waals surface area contributed by atoms with E-state index >= 15 is 0 Å². The molecule has 1 aromatic carbocycles. The van der Waals surface area contributed by atoms with Gasteiger partial charge in [0.25, 0.3) is 0 Å². The summed E-state index contributed by atoms with van der Waals surface area (Å²) in [6.07, 6.45) is 0.898. The van der Waals surface area contributed by atoms with Gasteiger partial charge >= 0.3 is 0 Å². The Labute approximate surface area is 126 Å². The summed E-state index contributed by atoms with van der Waals surface area (Å²) in [7, 11) is 0. The van der Waals surface area contributed by atoms with Gasteiger partial charge in [-0.3, -0.25) is 0 Å². The fraction of sp³-hybridized carbons (Fsp3) is 0.333. The monoisotopic (exact) mass is 315 g/mol. The standard InChI is InChI=1S/C15H16ClF2NS/c1-3-7-19-14(15-12(16)9(2)8-20-15)10-5-4-6-11(17)13(10)18/h4-6,8,14,19H,3,7H2,1-2H3. The summed E-state index contributed by atoms with van der Waals surface area (Å²) in [6.45, 7) is 4.63. The van der Waals surface area contributed by atoms with Crippen LogP contribution in [0.25, 0.3) is 0 Å². The zero-order chi connectivity index (χ0) is 14.7. The van der Waals surface area contributed by atoms with Crippen molar-refractivity contribution in [1.82, 2.24) is 5.32 Å². The fourth-order valence-electron chi connectivity index (χ4n) is 2.02. The van der Waals surface area contributed by atoms with Gasteiger partial charge in [0, 0.05) is 10.4 Å². The predicted octanol–water partition coefficient (Wildman–Crippen LogP) is 5.08. The van der Waals surface area contributed by atoms with Crippen molar-refractivity contribution >= 4 is 22.9 Å². The van der Waals surface area contributed by atoms with Gasteiger partial charge in [-0.1, -0.05) is 30.7 Å². The van der Waals surface area contributed by atoms with Crippen LogP contribution in [0.1, 0.15) is 35.4 Å². The molecule has 2 rings (SSSR count). The zero-order valence-electron chi connectivity index (χ0n) is 11.3. The third kappa shape index (κ3) is 3.03. The van der Waals surface area contributed by atoms with Gasteiger partial charge in [0.1, 0.15) is 0 Å². The van der Waals surface area contributed by atoms with Gasteiger partial charge in [-0.25, -0.2) is 8.78 Å². The van der Waals surface area contributed by atoms with Gasteiger partial charge in [-0.05, 0) is 36.9 Å². The molecule has 0 aliphatic heterocycles. The second kappa shape index (κ2) is 6.66. The fourth-order valence-corrected chi connectivity index (χ4v) is 3.41. The van der Waals surface area contributed by atoms with Crippen LogP contribution >= 0.6 is 22.9 Å². The number of rotatable bonds is 5. The molecule has 108 valence electrons. The summed E-state index contributed by atoms with van der Waals surface area (Å²) in [5.74, 6) is -1.65. The molecule has 0 bridgehead atoms. The Morgan fingerprint density at radius 3 is 2.70 bits per heavy atom. The van der Waals surface area contributed by atoms with Gasteiger partial charge < -0.3 is 5.32 Å². The molecule has 0 radical (unpaired) electrons. The highest BCUT2D eigenvalue weighted by Crippen LogP contribution is 2.36. The topological polar surface area (TPSA) is 12.0 Å². The summed E-state index contributed by atoms with van der Waals surface area (Å²) < 4.78 is 27.5. The van der Waals surface area contributed by atoms with Crippen LogP contribution in [0.5, 0.6) is 0 Å². The number of halogens is 3. The van der Waals surface area contributed by atoms with Crippen LogP contribution in [0.15, 0.2) is 23.6 Å². The minimum atomic E-state index is -0.838. The Hall–Kier alpha value is -0.970. The predicted molar refractivity (Wildman–Crippen MR) is 80.6 cm³/mol. The third-order valence-corrected chi connectivity index (χ3v) is 4.86. The molecule has 20 heavy (non-hydrogen) atoms. The summed E-state index contributed by atoms with van der Waals surface area (Å²) in [5, 5.41) is 5.79. The lowest BCUT2D eigenvalue weighted by molar-refractivity contribution is 0.481. The normalized spacial score (nSPS) is 12.7. The van der Waals surface area contributed by atoms with Crippen molar-refractivity contribution in [3.05, 3.63) is 56.2 Å². The highest BCUT2D eigenvalue weighted by molar-refractivity contribution is 7.10. The summed E-state index contributed by atoms with van der Waals surface area (Å²) in [5.41, 5.74) is 1.24. The van der Waals surface area contributed by atoms with Crippen molar-refractivity contribution < 1.29 is 8.78 Å². The lowest BCUT2D eigenvalue weighted by atomic mass is 10.0. The van der Waals surface area contributed by atoms with Crippen LogP contribution in [-0.4, -0.2) is 6.54 Å². The zero-order valence-corrected chi connectivity index (χ0v) is 12.9. The second-order valence-corrected chi connectivity index (χ2v) is 5.92. The van der Waals surface area contributed by atoms with Crippen molar-refractivity contribution in [2.45, 2.75) is 26.3 Å². The van der Waals surface area contributed by atoms with Gasteiger partial charge in [0.2, 0.25) is 0 Å². The molecule has 1 nitrogen and oxygen atoms in total. The third-order valence-electron chi connectivity index (χ3n) is 3.08. The van der Waals surface area contributed by atoms with E-state index in [9.17, 15) is 8.78 Å². The van der Waals surface area contributed by atoms with Crippen LogP contribution in [0.3, 0.4) is 0 Å². The van der Waals surface area contributed by atoms with Crippen LogP contribution in [-0.2, 0) is 0 Å². The van der Waals surface area contributed by atoms with Crippen molar-refractivity contribution in [1.29, 1.82) is 0 Å². The first kappa shape index (κ1) is 15.4. The Balaban J connectivity index is 2.47. The minimum absolute atomic E-state index is 0.294. The van der Waals surface area contributed by atoms with E-state index in [2.05, 4.69) is 5.32 Å². The Morgan fingerprint density at radius 2 is 2.10 bits per heavy atom. The van der Waals surface area contributed by atoms with E-state index in [4.69, 9.17) is 11.6 Å². The lowest BCUT2D eigenvalue weighted by Crippen LogP contribution is -2.24. The first-order chi connectivity index (χ1) is 9.56. The number of nitrogens with one attached hydrogen (secondary N) is 1. The molecule has 0 amide bonds. The van der Waals surface area contributed by atoms with Crippen molar-refractivity contribution in [2.75, 3.05) is 6.54 Å². The SMILES string of the molecule is CCCNC(c1cccc(F)c1F)c1scc(C)c1Cl. The summed E-state index contributed by atoms with van der Waals surface area (Å²) in [6, 6.07) is 3.81. The maximum atomic E-state index is 14.0. The number of thiophene rings is 1. The molecule has 5 heteroatoms. The Morgan fingerprint density at radius 1 is 1.35 bits per heavy atom. The summed E-state index contributed by atoms with van der Waals surface area (Å²) in [4.78, 5) is 0.821. The van der Waals surface area contributed by atoms with E-state index in [1.807, 2.05) is 19.2 Å². The van der Waals surface area contributed by atoms with Crippen LogP contribution in [0, 0.1) is 18.6 Å². The van der Waals surface area contributed by atoms with Gasteiger partial charge in [-0.15, -0.1) is 11.3 Å². The molecule has 1 heterocycles. The van der Waals surface area contributed by atoms with E-state index in [1.165, 1.54) is 17.4 Å². The first-order valence-electron chi connectivity index (χ1n) is 6.47. The molecule has 1 aromatic heterocycles. The number of hydrogen-bond acceptors (Lipinski definition) is 2. The van der Waals surface area contributed by atoms with E-state index in [0.29, 0.717) is 17.1 Å². The van der Waals surface area contributed by atoms with Gasteiger partial charge in [0.05, 0.1) is 11.1 Å². The number of aryl methyl sites for hydroxylation is 1. The molecule has 0 spiro atoms. The average Bonchev–Trinajstić information content (AvgIpc) is 2.76. The molecule has 1 N–H and O–H groups in total. The quantitative estimate of drug-likeness (QED) is 0.811. The number of hydrogen-bond donors (Lipinski definition) is 1. The maximum absolute atomic E-state index is 14.0. The van der Waals surface area contributed by atoms with E-state index in [1.54, 1.807) is 6.07 Å². The van der Waals surface area contributed by atoms with E-state index in [-0.39, 0.29) is 0 Å². The Bertz CT molecular complexity index is 598. The second-order valence-electron chi connectivity index (χ2n) is 4.63. The molecular weight excluding hydrogens is 300 g/mol. The highest BCUT2D eigenvalue weighted by atomic mass is 35.5. The van der Waals surface area contributed by atoms with Crippen LogP contribution in [0.2, 0.25) is 5.02 Å². The van der Waals surface area contributed by atoms with Crippen molar-refractivity contribution in [2.24, 2.45) is 0 Å². The van der Waals surface area contributed by atoms with Gasteiger partial charge in [0.15, 0.2) is 11.6 Å². The smallest absolute Gasteiger partial charge is 0.163 e. The van der Waals surface area contributed by atoms with Crippen molar-refractivity contribution in [3.8, 4) is 0 Å². The summed E-state index contributed by atoms with van der Waals surface area (Å²) >= 11 is 7.74. The first-order valence-corrected chi connectivity index (χ1v) is 7.72. The molecule has 0 saturated carbocycles. The Kier molecular flexibility index (Phi) is 5.13. The lowest BCUT2D eigenvalue weighted by Gasteiger charge is -2.19. The largest absolute Gasteiger partial charge is 0.305 e. The van der Waals surface area contributed by atoms with Crippen LogP contribution < -0.4 is 5.32 Å². The molecule has 0 saturated heterocycles. The molecule has 0 aliphatic rings. The molecule has 2 aromatic rings. The van der Waals surface area contributed by atoms with Crippen LogP contribution in [0.4, 0.5) is 8.78 Å². The molecule has 1 unspecified atom stereocenters. The van der Waals surface area contributed by atoms with Gasteiger partial charge in [-0.2, -0.15) is 0 Å².